The van der Waals surface area contributed by atoms with E-state index in [4.69, 9.17) is 0 Å². The Kier molecular flexibility index (Phi) is 4.35. The molecule has 1 aromatic carbocycles. The Morgan fingerprint density at radius 1 is 1.26 bits per heavy atom. The maximum absolute atomic E-state index is 13.4. The molecule has 1 aromatic rings. The predicted octanol–water partition coefficient (Wildman–Crippen LogP) is 2.16. The smallest absolute Gasteiger partial charge is 0.305 e. The van der Waals surface area contributed by atoms with Crippen molar-refractivity contribution in [1.29, 1.82) is 0 Å². The molecule has 1 N–H and O–H groups in total. The van der Waals surface area contributed by atoms with E-state index in [1.54, 1.807) is 0 Å². The van der Waals surface area contributed by atoms with E-state index >= 15 is 0 Å². The first-order valence-electron chi connectivity index (χ1n) is 4.61. The van der Waals surface area contributed by atoms with Crippen LogP contribution in [0.2, 0.25) is 0 Å². The molecule has 1 atom stereocenters. The van der Waals surface area contributed by atoms with Gasteiger partial charge >= 0.3 is 5.69 Å². The first kappa shape index (κ1) is 14.8. The number of hydrogen-bond donors (Lipinski definition) is 1. The Balaban J connectivity index is 3.16. The van der Waals surface area contributed by atoms with Gasteiger partial charge < -0.3 is 5.32 Å². The summed E-state index contributed by atoms with van der Waals surface area (Å²) in [7, 11) is 0. The Morgan fingerprint density at radius 2 is 1.84 bits per heavy atom. The van der Waals surface area contributed by atoms with Crippen LogP contribution in [0.4, 0.5) is 27.6 Å². The lowest BCUT2D eigenvalue weighted by molar-refractivity contribution is -0.387. The molecule has 0 aliphatic rings. The van der Waals surface area contributed by atoms with E-state index in [0.717, 1.165) is 5.32 Å². The number of amides is 1. The standard InChI is InChI=1S/C9H5F5N2O3/c10-3-1-2-4(16(18)19)6(11)5(3)9(17)15-8(14)7(12)13/h1-2,7-8H,(H,15,17). The van der Waals surface area contributed by atoms with Crippen molar-refractivity contribution in [3.05, 3.63) is 39.4 Å². The zero-order chi connectivity index (χ0) is 14.7. The molecule has 0 aliphatic carbocycles. The highest BCUT2D eigenvalue weighted by Gasteiger charge is 2.29. The molecule has 0 aliphatic heterocycles. The Labute approximate surface area is 102 Å². The quantitative estimate of drug-likeness (QED) is 0.398. The lowest BCUT2D eigenvalue weighted by Gasteiger charge is -2.10. The molecule has 10 heteroatoms. The summed E-state index contributed by atoms with van der Waals surface area (Å²) in [6, 6.07) is 0.841. The van der Waals surface area contributed by atoms with Gasteiger partial charge in [0.1, 0.15) is 11.4 Å². The number of halogens is 5. The van der Waals surface area contributed by atoms with Gasteiger partial charge in [0.15, 0.2) is 0 Å². The number of carbonyl (C=O) groups excluding carboxylic acids is 1. The number of nitro groups is 1. The van der Waals surface area contributed by atoms with Crippen LogP contribution >= 0.6 is 0 Å². The number of alkyl halides is 3. The number of rotatable bonds is 4. The van der Waals surface area contributed by atoms with E-state index in [9.17, 15) is 36.9 Å². The van der Waals surface area contributed by atoms with Crippen molar-refractivity contribution in [3.8, 4) is 0 Å². The molecule has 0 aromatic heterocycles. The van der Waals surface area contributed by atoms with Crippen LogP contribution in [0.1, 0.15) is 10.4 Å². The molecule has 1 rings (SSSR count). The Hall–Kier alpha value is -2.26. The zero-order valence-electron chi connectivity index (χ0n) is 8.87. The SMILES string of the molecule is O=C(NC(F)C(F)F)c1c(F)ccc([N+](=O)[O-])c1F. The minimum Gasteiger partial charge on any atom is -0.317 e. The van der Waals surface area contributed by atoms with Crippen LogP contribution in [0, 0.1) is 21.7 Å². The highest BCUT2D eigenvalue weighted by molar-refractivity contribution is 5.95. The fourth-order valence-corrected chi connectivity index (χ4v) is 1.15. The third-order valence-corrected chi connectivity index (χ3v) is 1.98. The summed E-state index contributed by atoms with van der Waals surface area (Å²) in [4.78, 5) is 20.3. The van der Waals surface area contributed by atoms with Crippen molar-refractivity contribution in [2.24, 2.45) is 0 Å². The maximum Gasteiger partial charge on any atom is 0.305 e. The molecule has 5 nitrogen and oxygen atoms in total. The lowest BCUT2D eigenvalue weighted by Crippen LogP contribution is -2.37. The van der Waals surface area contributed by atoms with Gasteiger partial charge in [0.2, 0.25) is 12.1 Å². The second-order valence-corrected chi connectivity index (χ2v) is 3.22. The predicted molar refractivity (Wildman–Crippen MR) is 51.4 cm³/mol. The van der Waals surface area contributed by atoms with Gasteiger partial charge in [0.05, 0.1) is 4.92 Å². The molecule has 0 spiro atoms. The summed E-state index contributed by atoms with van der Waals surface area (Å²) >= 11 is 0. The van der Waals surface area contributed by atoms with Crippen LogP contribution in [0.5, 0.6) is 0 Å². The average molecular weight is 284 g/mol. The van der Waals surface area contributed by atoms with Gasteiger partial charge in [-0.3, -0.25) is 14.9 Å². The number of nitro benzene ring substituents is 1. The van der Waals surface area contributed by atoms with Crippen molar-refractivity contribution in [2.45, 2.75) is 12.7 Å². The monoisotopic (exact) mass is 284 g/mol. The minimum atomic E-state index is -3.60. The third kappa shape index (κ3) is 3.14. The van der Waals surface area contributed by atoms with Crippen LogP contribution in [-0.2, 0) is 0 Å². The van der Waals surface area contributed by atoms with Gasteiger partial charge in [0, 0.05) is 6.07 Å². The van der Waals surface area contributed by atoms with Gasteiger partial charge in [-0.25, -0.2) is 17.6 Å². The molecule has 1 unspecified atom stereocenters. The minimum absolute atomic E-state index is 0.395. The van der Waals surface area contributed by atoms with Crippen molar-refractivity contribution >= 4 is 11.6 Å². The molecule has 104 valence electrons. The lowest BCUT2D eigenvalue weighted by atomic mass is 10.1. The van der Waals surface area contributed by atoms with Crippen molar-refractivity contribution in [1.82, 2.24) is 5.32 Å². The van der Waals surface area contributed by atoms with E-state index < -0.39 is 46.4 Å². The van der Waals surface area contributed by atoms with Gasteiger partial charge in [-0.05, 0) is 6.07 Å². The molecule has 0 heterocycles. The van der Waals surface area contributed by atoms with Gasteiger partial charge in [-0.1, -0.05) is 0 Å². The molecule has 0 saturated carbocycles. The number of nitrogens with one attached hydrogen (secondary N) is 1. The van der Waals surface area contributed by atoms with E-state index in [2.05, 4.69) is 0 Å². The molecule has 0 fully saturated rings. The van der Waals surface area contributed by atoms with Crippen molar-refractivity contribution in [2.75, 3.05) is 0 Å². The topological polar surface area (TPSA) is 72.2 Å². The van der Waals surface area contributed by atoms with Crippen LogP contribution in [0.3, 0.4) is 0 Å². The summed E-state index contributed by atoms with van der Waals surface area (Å²) in [5.41, 5.74) is -2.74. The van der Waals surface area contributed by atoms with Crippen LogP contribution in [0.25, 0.3) is 0 Å². The highest BCUT2D eigenvalue weighted by Crippen LogP contribution is 2.23. The molecule has 0 saturated heterocycles. The van der Waals surface area contributed by atoms with Crippen molar-refractivity contribution in [3.63, 3.8) is 0 Å². The van der Waals surface area contributed by atoms with E-state index in [1.165, 1.54) is 0 Å². The van der Waals surface area contributed by atoms with E-state index in [0.29, 0.717) is 12.1 Å². The van der Waals surface area contributed by atoms with Crippen molar-refractivity contribution < 1.29 is 31.7 Å². The van der Waals surface area contributed by atoms with Gasteiger partial charge in [-0.15, -0.1) is 0 Å². The van der Waals surface area contributed by atoms with Crippen LogP contribution < -0.4 is 5.32 Å². The molecular weight excluding hydrogens is 279 g/mol. The zero-order valence-corrected chi connectivity index (χ0v) is 8.87. The molecule has 1 amide bonds. The second-order valence-electron chi connectivity index (χ2n) is 3.22. The molecule has 0 radical (unpaired) electrons. The first-order chi connectivity index (χ1) is 8.75. The summed E-state index contributed by atoms with van der Waals surface area (Å²) < 4.78 is 62.8. The van der Waals surface area contributed by atoms with Crippen LogP contribution in [-0.4, -0.2) is 23.6 Å². The summed E-state index contributed by atoms with van der Waals surface area (Å²) in [5, 5.41) is 11.3. The summed E-state index contributed by atoms with van der Waals surface area (Å²) in [6.07, 6.45) is -6.75. The average Bonchev–Trinajstić information content (AvgIpc) is 2.27. The largest absolute Gasteiger partial charge is 0.317 e. The normalized spacial score (nSPS) is 12.3. The van der Waals surface area contributed by atoms with Crippen LogP contribution in [0.15, 0.2) is 12.1 Å². The number of hydrogen-bond acceptors (Lipinski definition) is 3. The third-order valence-electron chi connectivity index (χ3n) is 1.98. The highest BCUT2D eigenvalue weighted by atomic mass is 19.3. The van der Waals surface area contributed by atoms with E-state index in [1.807, 2.05) is 0 Å². The molecular formula is C9H5F5N2O3. The number of benzene rings is 1. The second kappa shape index (κ2) is 5.59. The first-order valence-corrected chi connectivity index (χ1v) is 4.61. The number of carbonyl (C=O) groups is 1. The van der Waals surface area contributed by atoms with Gasteiger partial charge in [-0.2, -0.15) is 4.39 Å². The Morgan fingerprint density at radius 3 is 2.32 bits per heavy atom. The fraction of sp³-hybridized carbons (Fsp3) is 0.222. The van der Waals surface area contributed by atoms with Gasteiger partial charge in [0.25, 0.3) is 12.3 Å². The molecule has 0 bridgehead atoms. The van der Waals surface area contributed by atoms with E-state index in [-0.39, 0.29) is 0 Å². The summed E-state index contributed by atoms with van der Waals surface area (Å²) in [5.74, 6) is -5.27. The maximum atomic E-state index is 13.4. The Bertz CT molecular complexity index is 523. The fourth-order valence-electron chi connectivity index (χ4n) is 1.15. The summed E-state index contributed by atoms with van der Waals surface area (Å²) in [6.45, 7) is 0. The molecule has 19 heavy (non-hydrogen) atoms. The number of nitrogens with zero attached hydrogens (tertiary/aromatic N) is 1.